The average Bonchev–Trinajstić information content (AvgIpc) is 3.77. The predicted molar refractivity (Wildman–Crippen MR) is 166 cm³/mol. The molecular weight excluding hydrogens is 478 g/mol. The normalized spacial score (nSPS) is 12.3. The molecule has 5 heteroatoms. The maximum Gasteiger partial charge on any atom is 0.0844 e. The van der Waals surface area contributed by atoms with Crippen LogP contribution in [0, 0.1) is 0 Å². The van der Waals surface area contributed by atoms with E-state index in [1.807, 2.05) is 6.07 Å². The molecule has 0 atom stereocenters. The van der Waals surface area contributed by atoms with Gasteiger partial charge in [-0.3, -0.25) is 0 Å². The Labute approximate surface area is 230 Å². The molecule has 1 aromatic carbocycles. The molecular formula is C34H35N5. The number of hydrogen-bond acceptors (Lipinski definition) is 3. The first kappa shape index (κ1) is 24.9. The Bertz CT molecular complexity index is 1580. The summed E-state index contributed by atoms with van der Waals surface area (Å²) in [4.78, 5) is 20.0. The molecule has 8 bridgehead atoms. The zero-order chi connectivity index (χ0) is 26.6. The summed E-state index contributed by atoms with van der Waals surface area (Å²) in [7, 11) is 0. The Morgan fingerprint density at radius 1 is 0.641 bits per heavy atom. The molecule has 6 rings (SSSR count). The highest BCUT2D eigenvalue weighted by molar-refractivity contribution is 5.91. The Hall–Kier alpha value is -4.38. The summed E-state index contributed by atoms with van der Waals surface area (Å²) in [6, 6.07) is 23.4. The molecule has 3 aromatic heterocycles. The quantitative estimate of drug-likeness (QED) is 0.214. The van der Waals surface area contributed by atoms with Gasteiger partial charge in [0.2, 0.25) is 0 Å². The van der Waals surface area contributed by atoms with Gasteiger partial charge in [0.1, 0.15) is 0 Å². The Balaban J connectivity index is 1.63. The van der Waals surface area contributed by atoms with Gasteiger partial charge in [-0.15, -0.1) is 0 Å². The molecule has 0 fully saturated rings. The van der Waals surface area contributed by atoms with E-state index < -0.39 is 0 Å². The molecule has 0 amide bonds. The molecule has 0 unspecified atom stereocenters. The van der Waals surface area contributed by atoms with Crippen molar-refractivity contribution in [1.82, 2.24) is 19.9 Å². The van der Waals surface area contributed by atoms with Crippen LogP contribution in [0.4, 0.5) is 5.69 Å². The number of aromatic amines is 2. The van der Waals surface area contributed by atoms with Crippen molar-refractivity contribution in [3.05, 3.63) is 89.5 Å². The van der Waals surface area contributed by atoms with Gasteiger partial charge >= 0.3 is 0 Å². The van der Waals surface area contributed by atoms with E-state index in [1.54, 1.807) is 0 Å². The number of aromatic nitrogens is 4. The predicted octanol–water partition coefficient (Wildman–Crippen LogP) is 8.73. The fourth-order valence-electron chi connectivity index (χ4n) is 5.33. The summed E-state index contributed by atoms with van der Waals surface area (Å²) >= 11 is 0. The van der Waals surface area contributed by atoms with Crippen molar-refractivity contribution in [2.24, 2.45) is 0 Å². The van der Waals surface area contributed by atoms with E-state index in [4.69, 9.17) is 9.97 Å². The first-order valence-electron chi connectivity index (χ1n) is 14.1. The third-order valence-electron chi connectivity index (χ3n) is 7.31. The third-order valence-corrected chi connectivity index (χ3v) is 7.31. The molecule has 0 saturated heterocycles. The molecule has 5 heterocycles. The SMILES string of the molecule is CCCCN(CCCC)c1c2ccc(cc3nc(c(-c4ccccc4)c4nc(cc5ccc1[nH]5)C=C4)C=C3)[nH]2. The summed E-state index contributed by atoms with van der Waals surface area (Å²) < 4.78 is 0. The van der Waals surface area contributed by atoms with Crippen LogP contribution in [0.1, 0.15) is 62.3 Å². The highest BCUT2D eigenvalue weighted by Crippen LogP contribution is 2.32. The lowest BCUT2D eigenvalue weighted by atomic mass is 10.0. The average molecular weight is 514 g/mol. The van der Waals surface area contributed by atoms with Crippen LogP contribution in [0.5, 0.6) is 0 Å². The summed E-state index contributed by atoms with van der Waals surface area (Å²) in [5.74, 6) is 0. The number of unbranched alkanes of at least 4 members (excludes halogenated alkanes) is 2. The minimum Gasteiger partial charge on any atom is -0.368 e. The van der Waals surface area contributed by atoms with Crippen molar-refractivity contribution in [1.29, 1.82) is 0 Å². The Morgan fingerprint density at radius 3 is 1.69 bits per heavy atom. The number of anilines is 1. The lowest BCUT2D eigenvalue weighted by molar-refractivity contribution is 0.680. The molecule has 0 aliphatic carbocycles. The Kier molecular flexibility index (Phi) is 7.13. The van der Waals surface area contributed by atoms with Crippen molar-refractivity contribution < 1.29 is 0 Å². The molecule has 196 valence electrons. The van der Waals surface area contributed by atoms with Crippen LogP contribution in [0.2, 0.25) is 0 Å². The van der Waals surface area contributed by atoms with Crippen molar-refractivity contribution in [2.45, 2.75) is 39.5 Å². The molecule has 0 radical (unpaired) electrons. The van der Waals surface area contributed by atoms with Crippen LogP contribution >= 0.6 is 0 Å². The number of nitrogens with one attached hydrogen (secondary N) is 2. The molecule has 5 nitrogen and oxygen atoms in total. The van der Waals surface area contributed by atoms with Crippen LogP contribution in [0.3, 0.4) is 0 Å². The van der Waals surface area contributed by atoms with Crippen molar-refractivity contribution >= 4 is 52.1 Å². The van der Waals surface area contributed by atoms with E-state index in [0.29, 0.717) is 0 Å². The van der Waals surface area contributed by atoms with Gasteiger partial charge in [-0.25, -0.2) is 9.97 Å². The van der Waals surface area contributed by atoms with E-state index in [1.165, 1.54) is 18.5 Å². The van der Waals surface area contributed by atoms with Crippen LogP contribution in [0.15, 0.2) is 66.7 Å². The molecule has 0 spiro atoms. The zero-order valence-electron chi connectivity index (χ0n) is 22.7. The molecule has 2 aliphatic rings. The first-order valence-corrected chi connectivity index (χ1v) is 14.1. The van der Waals surface area contributed by atoms with E-state index in [9.17, 15) is 0 Å². The van der Waals surface area contributed by atoms with Gasteiger partial charge in [-0.1, -0.05) is 57.0 Å². The highest BCUT2D eigenvalue weighted by Gasteiger charge is 2.15. The van der Waals surface area contributed by atoms with Crippen molar-refractivity contribution in [3.63, 3.8) is 0 Å². The minimum atomic E-state index is 0.926. The maximum atomic E-state index is 5.03. The largest absolute Gasteiger partial charge is 0.368 e. The number of benzene rings is 1. The summed E-state index contributed by atoms with van der Waals surface area (Å²) in [6.07, 6.45) is 13.0. The molecule has 0 saturated carbocycles. The lowest BCUT2D eigenvalue weighted by Gasteiger charge is -2.25. The van der Waals surface area contributed by atoms with E-state index in [2.05, 4.69) is 114 Å². The van der Waals surface area contributed by atoms with Crippen LogP contribution in [-0.4, -0.2) is 33.0 Å². The number of nitrogens with zero attached hydrogens (tertiary/aromatic N) is 3. The molecule has 2 N–H and O–H groups in total. The van der Waals surface area contributed by atoms with E-state index in [0.717, 1.165) is 81.9 Å². The molecule has 2 aliphatic heterocycles. The topological polar surface area (TPSA) is 60.6 Å². The molecule has 4 aromatic rings. The van der Waals surface area contributed by atoms with Crippen LogP contribution in [0.25, 0.3) is 57.5 Å². The van der Waals surface area contributed by atoms with Crippen LogP contribution < -0.4 is 4.90 Å². The van der Waals surface area contributed by atoms with Crippen molar-refractivity contribution in [3.8, 4) is 11.1 Å². The first-order chi connectivity index (χ1) is 19.2. The summed E-state index contributed by atoms with van der Waals surface area (Å²) in [6.45, 7) is 6.57. The van der Waals surface area contributed by atoms with Gasteiger partial charge in [0, 0.05) is 29.7 Å². The lowest BCUT2D eigenvalue weighted by Crippen LogP contribution is -2.26. The van der Waals surface area contributed by atoms with Gasteiger partial charge in [-0.2, -0.15) is 0 Å². The minimum absolute atomic E-state index is 0.926. The van der Waals surface area contributed by atoms with Gasteiger partial charge in [0.25, 0.3) is 0 Å². The zero-order valence-corrected chi connectivity index (χ0v) is 22.7. The second-order valence-corrected chi connectivity index (χ2v) is 10.2. The maximum absolute atomic E-state index is 5.03. The van der Waals surface area contributed by atoms with Crippen molar-refractivity contribution in [2.75, 3.05) is 18.0 Å². The van der Waals surface area contributed by atoms with Gasteiger partial charge < -0.3 is 14.9 Å². The van der Waals surface area contributed by atoms with Gasteiger partial charge in [0.15, 0.2) is 0 Å². The fourth-order valence-corrected chi connectivity index (χ4v) is 5.33. The number of hydrogen-bond donors (Lipinski definition) is 2. The van der Waals surface area contributed by atoms with Gasteiger partial charge in [0.05, 0.1) is 39.5 Å². The second-order valence-electron chi connectivity index (χ2n) is 10.2. The smallest absolute Gasteiger partial charge is 0.0844 e. The highest BCUT2D eigenvalue weighted by atomic mass is 15.1. The monoisotopic (exact) mass is 513 g/mol. The Morgan fingerprint density at radius 2 is 1.18 bits per heavy atom. The fraction of sp³-hybridized carbons (Fsp3) is 0.235. The summed E-state index contributed by atoms with van der Waals surface area (Å²) in [5.41, 5.74) is 11.4. The number of rotatable bonds is 8. The number of fused-ring (bicyclic) bond motifs is 8. The van der Waals surface area contributed by atoms with Gasteiger partial charge in [-0.05, 0) is 79.1 Å². The molecule has 39 heavy (non-hydrogen) atoms. The number of H-pyrrole nitrogens is 2. The summed E-state index contributed by atoms with van der Waals surface area (Å²) in [5, 5.41) is 0. The van der Waals surface area contributed by atoms with Crippen LogP contribution in [-0.2, 0) is 0 Å². The van der Waals surface area contributed by atoms with E-state index in [-0.39, 0.29) is 0 Å². The van der Waals surface area contributed by atoms with E-state index >= 15 is 0 Å². The third kappa shape index (κ3) is 5.30. The second kappa shape index (κ2) is 11.2. The standard InChI is InChI=1S/C34H35N5/c1-3-5-20-39(21-6-4-2)34-31-18-14-27(37-31)22-25-12-16-29(35-25)33(24-10-8-7-9-11-24)30-17-13-26(36-30)23-28-15-19-32(34)38-28/h7-19,22-23,37-38H,3-6,20-21H2,1-2H3.